The largest absolute Gasteiger partial charge is 0.490 e. The van der Waals surface area contributed by atoms with Crippen LogP contribution < -0.4 is 10.5 Å². The molecule has 1 aliphatic carbocycles. The number of fused-ring (bicyclic) bond motifs is 1. The van der Waals surface area contributed by atoms with Crippen molar-refractivity contribution in [2.45, 2.75) is 12.3 Å². The summed E-state index contributed by atoms with van der Waals surface area (Å²) < 4.78 is 19.4. The summed E-state index contributed by atoms with van der Waals surface area (Å²) in [7, 11) is 0. The van der Waals surface area contributed by atoms with Crippen LogP contribution in [0.1, 0.15) is 22.6 Å². The molecule has 1 aliphatic rings. The maximum Gasteiger partial charge on any atom is 0.170 e. The number of oxime groups is 1. The van der Waals surface area contributed by atoms with Crippen LogP contribution in [-0.2, 0) is 6.42 Å². The third-order valence-electron chi connectivity index (χ3n) is 3.74. The summed E-state index contributed by atoms with van der Waals surface area (Å²) in [5, 5.41) is 11.4. The van der Waals surface area contributed by atoms with Gasteiger partial charge in [0, 0.05) is 11.5 Å². The second-order valence-electron chi connectivity index (χ2n) is 5.04. The summed E-state index contributed by atoms with van der Waals surface area (Å²) in [6.07, 6.45) is 0.958. The molecule has 3 rings (SSSR count). The first-order chi connectivity index (χ1) is 10.2. The quantitative estimate of drug-likeness (QED) is 0.393. The Morgan fingerprint density at radius 2 is 2.14 bits per heavy atom. The molecule has 0 saturated carbocycles. The first kappa shape index (κ1) is 13.4. The van der Waals surface area contributed by atoms with E-state index in [0.717, 1.165) is 6.42 Å². The van der Waals surface area contributed by atoms with Crippen molar-refractivity contribution in [2.24, 2.45) is 10.9 Å². The zero-order valence-electron chi connectivity index (χ0n) is 11.3. The van der Waals surface area contributed by atoms with Crippen LogP contribution in [0.2, 0.25) is 0 Å². The van der Waals surface area contributed by atoms with Crippen molar-refractivity contribution >= 4 is 5.84 Å². The molecule has 0 aliphatic heterocycles. The second-order valence-corrected chi connectivity index (χ2v) is 5.04. The Hall–Kier alpha value is -2.56. The molecule has 0 bridgehead atoms. The average Bonchev–Trinajstić information content (AvgIpc) is 2.48. The summed E-state index contributed by atoms with van der Waals surface area (Å²) in [5.74, 6) is -0.168. The summed E-state index contributed by atoms with van der Waals surface area (Å²) in [4.78, 5) is 0. The van der Waals surface area contributed by atoms with Crippen LogP contribution in [-0.4, -0.2) is 17.6 Å². The predicted octanol–water partition coefficient (Wildman–Crippen LogP) is 2.64. The number of hydrogen-bond donors (Lipinski definition) is 2. The van der Waals surface area contributed by atoms with Crippen LogP contribution >= 0.6 is 0 Å². The minimum absolute atomic E-state index is 0.131. The highest BCUT2D eigenvalue weighted by Crippen LogP contribution is 2.35. The lowest BCUT2D eigenvalue weighted by atomic mass is 9.78. The van der Waals surface area contributed by atoms with Gasteiger partial charge in [0.1, 0.15) is 0 Å². The zero-order valence-corrected chi connectivity index (χ0v) is 11.3. The van der Waals surface area contributed by atoms with E-state index in [0.29, 0.717) is 18.1 Å². The molecule has 4 nitrogen and oxygen atoms in total. The van der Waals surface area contributed by atoms with E-state index < -0.39 is 5.82 Å². The van der Waals surface area contributed by atoms with Crippen molar-refractivity contribution in [1.82, 2.24) is 0 Å². The lowest BCUT2D eigenvalue weighted by molar-refractivity contribution is 0.263. The van der Waals surface area contributed by atoms with Crippen LogP contribution in [0.25, 0.3) is 0 Å². The Morgan fingerprint density at radius 1 is 1.33 bits per heavy atom. The summed E-state index contributed by atoms with van der Waals surface area (Å²) in [6, 6.07) is 12.4. The molecular weight excluding hydrogens is 271 g/mol. The van der Waals surface area contributed by atoms with E-state index in [1.54, 1.807) is 6.07 Å². The molecule has 0 spiro atoms. The zero-order chi connectivity index (χ0) is 14.8. The number of hydrogen-bond acceptors (Lipinski definition) is 3. The van der Waals surface area contributed by atoms with Gasteiger partial charge in [-0.1, -0.05) is 29.4 Å². The van der Waals surface area contributed by atoms with Gasteiger partial charge < -0.3 is 15.7 Å². The smallest absolute Gasteiger partial charge is 0.170 e. The number of benzene rings is 2. The van der Waals surface area contributed by atoms with Crippen LogP contribution in [0.5, 0.6) is 5.75 Å². The molecule has 0 saturated heterocycles. The summed E-state index contributed by atoms with van der Waals surface area (Å²) in [6.45, 7) is 0.441. The number of ether oxygens (including phenoxy) is 1. The highest BCUT2D eigenvalue weighted by molar-refractivity contribution is 5.97. The summed E-state index contributed by atoms with van der Waals surface area (Å²) in [5.41, 5.74) is 8.32. The van der Waals surface area contributed by atoms with Crippen molar-refractivity contribution in [3.8, 4) is 5.75 Å². The molecule has 2 aromatic carbocycles. The third-order valence-corrected chi connectivity index (χ3v) is 3.74. The highest BCUT2D eigenvalue weighted by Gasteiger charge is 2.26. The maximum absolute atomic E-state index is 13.9. The van der Waals surface area contributed by atoms with Crippen LogP contribution in [0.15, 0.2) is 47.6 Å². The van der Waals surface area contributed by atoms with Gasteiger partial charge in [-0.2, -0.15) is 0 Å². The van der Waals surface area contributed by atoms with Crippen molar-refractivity contribution < 1.29 is 14.3 Å². The van der Waals surface area contributed by atoms with Gasteiger partial charge in [-0.15, -0.1) is 0 Å². The van der Waals surface area contributed by atoms with Gasteiger partial charge in [0.2, 0.25) is 0 Å². The molecule has 3 N–H and O–H groups in total. The Morgan fingerprint density at radius 3 is 2.86 bits per heavy atom. The lowest BCUT2D eigenvalue weighted by Crippen LogP contribution is -2.23. The standard InChI is InChI=1S/C16H15FN2O2/c17-14-8-11(16(18)19-20)5-6-15(14)21-9-12-7-10-3-1-2-4-13(10)12/h1-6,8,12,20H,7,9H2,(H2,18,19). The lowest BCUT2D eigenvalue weighted by Gasteiger charge is -2.29. The first-order valence-corrected chi connectivity index (χ1v) is 6.67. The number of rotatable bonds is 4. The Labute approximate surface area is 121 Å². The Kier molecular flexibility index (Phi) is 3.48. The van der Waals surface area contributed by atoms with Gasteiger partial charge in [0.15, 0.2) is 17.4 Å². The first-order valence-electron chi connectivity index (χ1n) is 6.67. The molecule has 0 heterocycles. The third kappa shape index (κ3) is 2.54. The number of nitrogens with zero attached hydrogens (tertiary/aromatic N) is 1. The molecule has 0 radical (unpaired) electrons. The molecule has 5 heteroatoms. The van der Waals surface area contributed by atoms with Gasteiger partial charge in [0.25, 0.3) is 0 Å². The molecule has 1 unspecified atom stereocenters. The molecule has 21 heavy (non-hydrogen) atoms. The van der Waals surface area contributed by atoms with Gasteiger partial charge in [0.05, 0.1) is 6.61 Å². The van der Waals surface area contributed by atoms with Gasteiger partial charge in [-0.05, 0) is 35.7 Å². The Balaban J connectivity index is 1.67. The van der Waals surface area contributed by atoms with Crippen LogP contribution in [0.3, 0.4) is 0 Å². The van der Waals surface area contributed by atoms with Crippen LogP contribution in [0.4, 0.5) is 4.39 Å². The maximum atomic E-state index is 13.9. The van der Waals surface area contributed by atoms with E-state index in [4.69, 9.17) is 15.7 Å². The van der Waals surface area contributed by atoms with Crippen molar-refractivity contribution in [1.29, 1.82) is 0 Å². The van der Waals surface area contributed by atoms with E-state index in [2.05, 4.69) is 17.3 Å². The van der Waals surface area contributed by atoms with Gasteiger partial charge in [-0.25, -0.2) is 4.39 Å². The molecule has 0 fully saturated rings. The normalized spacial score (nSPS) is 17.0. The highest BCUT2D eigenvalue weighted by atomic mass is 19.1. The van der Waals surface area contributed by atoms with Crippen molar-refractivity contribution in [3.05, 3.63) is 65.0 Å². The van der Waals surface area contributed by atoms with E-state index in [1.807, 2.05) is 12.1 Å². The number of amidine groups is 1. The number of halogens is 1. The van der Waals surface area contributed by atoms with Gasteiger partial charge >= 0.3 is 0 Å². The predicted molar refractivity (Wildman–Crippen MR) is 77.3 cm³/mol. The van der Waals surface area contributed by atoms with E-state index in [1.165, 1.54) is 23.3 Å². The molecule has 1 atom stereocenters. The average molecular weight is 286 g/mol. The SMILES string of the molecule is N/C(=N/O)c1ccc(OCC2Cc3ccccc32)c(F)c1. The minimum atomic E-state index is -0.522. The second kappa shape index (κ2) is 5.44. The topological polar surface area (TPSA) is 67.8 Å². The fraction of sp³-hybridized carbons (Fsp3) is 0.188. The summed E-state index contributed by atoms with van der Waals surface area (Å²) >= 11 is 0. The monoisotopic (exact) mass is 286 g/mol. The molecule has 2 aromatic rings. The molecule has 108 valence electrons. The van der Waals surface area contributed by atoms with Crippen molar-refractivity contribution in [3.63, 3.8) is 0 Å². The van der Waals surface area contributed by atoms with Crippen LogP contribution in [0, 0.1) is 5.82 Å². The molecule has 0 aromatic heterocycles. The fourth-order valence-electron chi connectivity index (χ4n) is 2.54. The fourth-order valence-corrected chi connectivity index (χ4v) is 2.54. The van der Waals surface area contributed by atoms with E-state index in [9.17, 15) is 4.39 Å². The van der Waals surface area contributed by atoms with Crippen molar-refractivity contribution in [2.75, 3.05) is 6.61 Å². The van der Waals surface area contributed by atoms with E-state index in [-0.39, 0.29) is 11.6 Å². The minimum Gasteiger partial charge on any atom is -0.490 e. The van der Waals surface area contributed by atoms with Gasteiger partial charge in [-0.3, -0.25) is 0 Å². The molecule has 0 amide bonds. The Bertz CT molecular complexity index is 700. The van der Waals surface area contributed by atoms with E-state index >= 15 is 0 Å². The molecular formula is C16H15FN2O2. The number of nitrogens with two attached hydrogens (primary N) is 1.